The number of methoxy groups -OCH3 is 3. The number of phosphoric ester groups is 1. The molecular formula is C55H88NO16P. The van der Waals surface area contributed by atoms with Crippen LogP contribution in [0.15, 0.2) is 47.6 Å². The lowest BCUT2D eigenvalue weighted by Gasteiger charge is -2.42. The van der Waals surface area contributed by atoms with Gasteiger partial charge in [-0.15, -0.1) is 0 Å². The van der Waals surface area contributed by atoms with Gasteiger partial charge < -0.3 is 38.8 Å². The molecule has 1 amide bonds. The Morgan fingerprint density at radius 1 is 0.836 bits per heavy atom. The minimum atomic E-state index is -3.84. The first-order valence-electron chi connectivity index (χ1n) is 26.6. The Kier molecular flexibility index (Phi) is 25.0. The largest absolute Gasteiger partial charge is 0.475 e. The van der Waals surface area contributed by atoms with Gasteiger partial charge in [0, 0.05) is 58.5 Å². The van der Waals surface area contributed by atoms with Crippen molar-refractivity contribution in [3.05, 3.63) is 47.6 Å². The summed E-state index contributed by atoms with van der Waals surface area (Å²) in [4.78, 5) is 72.5. The minimum absolute atomic E-state index is 0.00167. The number of rotatable bonds is 12. The summed E-state index contributed by atoms with van der Waals surface area (Å²) in [5.74, 6) is -8.40. The normalized spacial score (nSPS) is 37.5. The molecule has 414 valence electrons. The van der Waals surface area contributed by atoms with E-state index >= 15 is 0 Å². The molecule has 2 unspecified atom stereocenters. The summed E-state index contributed by atoms with van der Waals surface area (Å²) in [6.07, 6.45) is 10.3. The number of hydrogen-bond acceptors (Lipinski definition) is 16. The van der Waals surface area contributed by atoms with Gasteiger partial charge in [-0.25, -0.2) is 9.36 Å². The Bertz CT molecular complexity index is 2010. The van der Waals surface area contributed by atoms with Gasteiger partial charge in [-0.3, -0.25) is 32.7 Å². The molecule has 1 aliphatic carbocycles. The molecule has 0 aromatic rings. The van der Waals surface area contributed by atoms with E-state index in [4.69, 9.17) is 37.3 Å². The number of aliphatic hydroxyl groups is 2. The number of Topliss-reactive ketones (excluding diaryl/α,β-unsaturated/α-hetero) is 3. The van der Waals surface area contributed by atoms with Gasteiger partial charge in [0.05, 0.1) is 37.6 Å². The molecule has 0 aromatic heterocycles. The SMILES string of the molecule is CCOP(=O)(OCC)O[C@@H]1CCC(C[C@@H](C)C2CC(=O)[C@H](C)/C=C(\C)[C@@H](O)[C@@H](OC)C(=O)[C@H](C)C[C@H](C)/C=C/C=C/C=C(\C)[C@@H](OC)C[C@@H]3CC[C@@H](C)[C@@](O)(O3)C(=O)C(=O)N3CCCC[C@H]3C(=O)O2)C[C@H]1OC. The number of nitrogens with zero attached hydrogens (tertiary/aromatic N) is 1. The van der Waals surface area contributed by atoms with Crippen LogP contribution in [0.3, 0.4) is 0 Å². The maximum Gasteiger partial charge on any atom is 0.475 e. The summed E-state index contributed by atoms with van der Waals surface area (Å²) in [7, 11) is 0.650. The average molecular weight is 1050 g/mol. The number of fused-ring (bicyclic) bond motifs is 3. The van der Waals surface area contributed by atoms with Gasteiger partial charge in [-0.2, -0.15) is 0 Å². The van der Waals surface area contributed by atoms with Gasteiger partial charge in [0.2, 0.25) is 5.79 Å². The van der Waals surface area contributed by atoms with Gasteiger partial charge in [-0.05, 0) is 121 Å². The highest BCUT2D eigenvalue weighted by atomic mass is 31.2. The highest BCUT2D eigenvalue weighted by Crippen LogP contribution is 2.53. The Hall–Kier alpha value is -3.22. The number of piperidine rings is 1. The lowest BCUT2D eigenvalue weighted by Crippen LogP contribution is -2.61. The third-order valence-corrected chi connectivity index (χ3v) is 17.0. The first-order valence-corrected chi connectivity index (χ1v) is 28.1. The second-order valence-corrected chi connectivity index (χ2v) is 22.6. The van der Waals surface area contributed by atoms with Crippen molar-refractivity contribution in [2.24, 2.45) is 35.5 Å². The van der Waals surface area contributed by atoms with Crippen LogP contribution in [0.1, 0.15) is 139 Å². The van der Waals surface area contributed by atoms with Crippen molar-refractivity contribution in [1.29, 1.82) is 0 Å². The first kappa shape index (κ1) is 62.3. The smallest absolute Gasteiger partial charge is 0.460 e. The zero-order valence-corrected chi connectivity index (χ0v) is 46.6. The molecule has 2 bridgehead atoms. The van der Waals surface area contributed by atoms with E-state index in [1.807, 2.05) is 51.2 Å². The Morgan fingerprint density at radius 3 is 2.18 bits per heavy atom. The van der Waals surface area contributed by atoms with E-state index in [1.54, 1.807) is 61.8 Å². The van der Waals surface area contributed by atoms with Crippen molar-refractivity contribution in [1.82, 2.24) is 4.90 Å². The van der Waals surface area contributed by atoms with Crippen molar-refractivity contribution in [2.75, 3.05) is 41.1 Å². The van der Waals surface area contributed by atoms with Crippen LogP contribution in [0.2, 0.25) is 0 Å². The molecule has 2 saturated heterocycles. The first-order chi connectivity index (χ1) is 34.6. The van der Waals surface area contributed by atoms with Crippen LogP contribution in [0.4, 0.5) is 0 Å². The highest BCUT2D eigenvalue weighted by Gasteiger charge is 2.53. The number of carbonyl (C=O) groups is 5. The molecule has 2 N–H and O–H groups in total. The molecule has 73 heavy (non-hydrogen) atoms. The number of allylic oxidation sites excluding steroid dienone is 6. The molecule has 0 radical (unpaired) electrons. The molecule has 1 saturated carbocycles. The molecule has 0 aromatic carbocycles. The van der Waals surface area contributed by atoms with Crippen LogP contribution in [0.25, 0.3) is 0 Å². The molecule has 18 heteroatoms. The number of hydrogen-bond donors (Lipinski definition) is 2. The molecule has 3 heterocycles. The topological polar surface area (TPSA) is 220 Å². The predicted molar refractivity (Wildman–Crippen MR) is 275 cm³/mol. The minimum Gasteiger partial charge on any atom is -0.460 e. The zero-order chi connectivity index (χ0) is 54.2. The Morgan fingerprint density at radius 2 is 1.53 bits per heavy atom. The average Bonchev–Trinajstić information content (AvgIpc) is 3.35. The van der Waals surface area contributed by atoms with E-state index in [2.05, 4.69) is 0 Å². The maximum atomic E-state index is 14.6. The third kappa shape index (κ3) is 17.1. The van der Waals surface area contributed by atoms with Crippen molar-refractivity contribution in [3.63, 3.8) is 0 Å². The number of cyclic esters (lactones) is 1. The number of ether oxygens (including phenoxy) is 5. The molecule has 3 fully saturated rings. The lowest BCUT2D eigenvalue weighted by atomic mass is 9.78. The number of ketones is 3. The fourth-order valence-electron chi connectivity index (χ4n) is 10.8. The van der Waals surface area contributed by atoms with E-state index in [0.717, 1.165) is 5.57 Å². The summed E-state index contributed by atoms with van der Waals surface area (Å²) < 4.78 is 59.9. The van der Waals surface area contributed by atoms with E-state index in [1.165, 1.54) is 12.0 Å². The summed E-state index contributed by atoms with van der Waals surface area (Å²) >= 11 is 0. The third-order valence-electron chi connectivity index (χ3n) is 15.3. The van der Waals surface area contributed by atoms with Crippen molar-refractivity contribution < 1.29 is 76.0 Å². The van der Waals surface area contributed by atoms with E-state index in [-0.39, 0.29) is 56.0 Å². The van der Waals surface area contributed by atoms with E-state index in [0.29, 0.717) is 69.8 Å². The maximum absolute atomic E-state index is 14.6. The summed E-state index contributed by atoms with van der Waals surface area (Å²) in [6.45, 7) is 16.3. The van der Waals surface area contributed by atoms with Gasteiger partial charge >= 0.3 is 13.8 Å². The molecule has 4 aliphatic rings. The fraction of sp³-hybridized carbons (Fsp3) is 0.764. The molecule has 3 aliphatic heterocycles. The highest BCUT2D eigenvalue weighted by molar-refractivity contribution is 7.48. The lowest BCUT2D eigenvalue weighted by molar-refractivity contribution is -0.265. The number of amides is 1. The van der Waals surface area contributed by atoms with E-state index < -0.39 is 104 Å². The number of aliphatic hydroxyl groups excluding tert-OH is 1. The second-order valence-electron chi connectivity index (χ2n) is 20.9. The summed E-state index contributed by atoms with van der Waals surface area (Å²) in [6, 6.07) is -1.18. The number of phosphoric acid groups is 1. The predicted octanol–water partition coefficient (Wildman–Crippen LogP) is 8.39. The van der Waals surface area contributed by atoms with Crippen LogP contribution in [0, 0.1) is 35.5 Å². The Labute approximate surface area is 434 Å². The molecule has 0 spiro atoms. The van der Waals surface area contributed by atoms with Crippen LogP contribution >= 0.6 is 7.82 Å². The van der Waals surface area contributed by atoms with Crippen LogP contribution in [-0.4, -0.2) is 140 Å². The van der Waals surface area contributed by atoms with Gasteiger partial charge in [0.25, 0.3) is 11.7 Å². The Balaban J connectivity index is 1.70. The van der Waals surface area contributed by atoms with Crippen molar-refractivity contribution in [2.45, 2.75) is 194 Å². The standard InChI is InChI=1S/C55H88NO16P/c1-13-68-73(64,69-14-2)72-45-26-24-41(31-48(45)66-11)30-37(6)47-33-44(57)36(5)29-39(8)50(59)51(67-12)49(58)38(7)28-34(3)20-16-15-17-21-35(4)46(65-10)32-42-25-23-40(9)55(63,71-42)52(60)53(61)56-27-19-18-22-43(56)54(62)70-47/h15-17,20-21,29,34,36-38,40-43,45-48,50-51,59,63H,13-14,18-19,22-28,30-33H2,1-12H3/b17-15+,20-16+,35-21+,39-29+/t34-,36-,37-,38-,40-,41?,42+,43+,45-,46+,47?,48-,50-,51+,55-/m1/s1. The van der Waals surface area contributed by atoms with Crippen molar-refractivity contribution in [3.8, 4) is 0 Å². The molecule has 17 nitrogen and oxygen atoms in total. The zero-order valence-electron chi connectivity index (χ0n) is 45.7. The number of esters is 1. The van der Waals surface area contributed by atoms with Gasteiger partial charge in [0.15, 0.2) is 5.78 Å². The van der Waals surface area contributed by atoms with Crippen LogP contribution in [0.5, 0.6) is 0 Å². The fourth-order valence-corrected chi connectivity index (χ4v) is 12.2. The van der Waals surface area contributed by atoms with Gasteiger partial charge in [-0.1, -0.05) is 71.1 Å². The summed E-state index contributed by atoms with van der Waals surface area (Å²) in [5.41, 5.74) is 1.23. The van der Waals surface area contributed by atoms with Crippen molar-refractivity contribution >= 4 is 37.0 Å². The molecular weight excluding hydrogens is 962 g/mol. The van der Waals surface area contributed by atoms with E-state index in [9.17, 15) is 38.8 Å². The molecule has 4 rings (SSSR count). The van der Waals surface area contributed by atoms with Crippen LogP contribution in [-0.2, 0) is 65.8 Å². The quantitative estimate of drug-likeness (QED) is 0.0811. The summed E-state index contributed by atoms with van der Waals surface area (Å²) in [5, 5.41) is 23.5. The van der Waals surface area contributed by atoms with Gasteiger partial charge in [0.1, 0.15) is 30.1 Å². The molecule has 15 atom stereocenters. The van der Waals surface area contributed by atoms with Crippen LogP contribution < -0.4 is 0 Å². The number of carbonyl (C=O) groups excluding carboxylic acids is 5. The monoisotopic (exact) mass is 1050 g/mol. The second kappa shape index (κ2) is 29.3.